The van der Waals surface area contributed by atoms with E-state index in [9.17, 15) is 22.7 Å². The SMILES string of the molecule is C=C(N=C(/C=C(\N)c1ccc(F)c(Cl)c1)N1CCN(c2ncccc2C(F)(F)F)CC1)N(C)C(C)CO. The highest BCUT2D eigenvalue weighted by atomic mass is 35.5. The van der Waals surface area contributed by atoms with Crippen LogP contribution in [-0.4, -0.2) is 71.6 Å². The molecule has 7 nitrogen and oxygen atoms in total. The molecule has 1 aromatic heterocycles. The van der Waals surface area contributed by atoms with Crippen LogP contribution < -0.4 is 10.6 Å². The van der Waals surface area contributed by atoms with Crippen molar-refractivity contribution in [3.05, 3.63) is 77.0 Å². The molecule has 12 heteroatoms. The Bertz CT molecular complexity index is 1180. The van der Waals surface area contributed by atoms with Gasteiger partial charge in [-0.3, -0.25) is 0 Å². The number of aromatic nitrogens is 1. The highest BCUT2D eigenvalue weighted by Gasteiger charge is 2.36. The third kappa shape index (κ3) is 6.92. The van der Waals surface area contributed by atoms with E-state index in [1.165, 1.54) is 30.5 Å². The number of aliphatic hydroxyl groups is 1. The number of rotatable bonds is 7. The van der Waals surface area contributed by atoms with Crippen LogP contribution >= 0.6 is 11.6 Å². The first-order valence-electron chi connectivity index (χ1n) is 11.5. The highest BCUT2D eigenvalue weighted by molar-refractivity contribution is 6.30. The number of halogens is 5. The predicted octanol–water partition coefficient (Wildman–Crippen LogP) is 4.20. The smallest absolute Gasteiger partial charge is 0.398 e. The number of likely N-dealkylation sites (N-methyl/N-ethyl adjacent to an activating group) is 1. The Labute approximate surface area is 218 Å². The summed E-state index contributed by atoms with van der Waals surface area (Å²) in [4.78, 5) is 13.7. The molecular weight excluding hydrogens is 512 g/mol. The van der Waals surface area contributed by atoms with Gasteiger partial charge in [0.15, 0.2) is 0 Å². The lowest BCUT2D eigenvalue weighted by Crippen LogP contribution is -2.49. The summed E-state index contributed by atoms with van der Waals surface area (Å²) in [5, 5.41) is 9.40. The fraction of sp³-hybridized carbons (Fsp3) is 0.360. The molecule has 1 fully saturated rings. The van der Waals surface area contributed by atoms with Gasteiger partial charge in [-0.05, 0) is 42.8 Å². The molecule has 3 N–H and O–H groups in total. The Morgan fingerprint density at radius 3 is 2.57 bits per heavy atom. The maximum atomic E-state index is 13.6. The zero-order valence-electron chi connectivity index (χ0n) is 20.5. The molecular formula is C25H29ClF4N6O. The van der Waals surface area contributed by atoms with Crippen molar-refractivity contribution in [3.8, 4) is 0 Å². The van der Waals surface area contributed by atoms with Gasteiger partial charge in [-0.1, -0.05) is 18.2 Å². The van der Waals surface area contributed by atoms with Crippen molar-refractivity contribution in [3.63, 3.8) is 0 Å². The number of hydrogen-bond acceptors (Lipinski definition) is 6. The molecule has 0 radical (unpaired) electrons. The zero-order valence-corrected chi connectivity index (χ0v) is 21.3. The third-order valence-corrected chi connectivity index (χ3v) is 6.40. The van der Waals surface area contributed by atoms with Gasteiger partial charge in [0.05, 0.1) is 23.2 Å². The fourth-order valence-electron chi connectivity index (χ4n) is 3.70. The number of nitrogens with zero attached hydrogens (tertiary/aromatic N) is 5. The summed E-state index contributed by atoms with van der Waals surface area (Å²) in [7, 11) is 1.73. The van der Waals surface area contributed by atoms with Crippen LogP contribution in [0.1, 0.15) is 18.1 Å². The second-order valence-electron chi connectivity index (χ2n) is 8.60. The average molecular weight is 541 g/mol. The molecule has 200 valence electrons. The summed E-state index contributed by atoms with van der Waals surface area (Å²) in [6, 6.07) is 6.11. The number of nitrogens with two attached hydrogens (primary N) is 1. The maximum absolute atomic E-state index is 13.6. The minimum absolute atomic E-state index is 0.0855. The van der Waals surface area contributed by atoms with Gasteiger partial charge in [0.25, 0.3) is 0 Å². The molecule has 1 aliphatic rings. The maximum Gasteiger partial charge on any atom is 0.419 e. The molecule has 1 aliphatic heterocycles. The quantitative estimate of drug-likeness (QED) is 0.311. The summed E-state index contributed by atoms with van der Waals surface area (Å²) < 4.78 is 54.1. The lowest BCUT2D eigenvalue weighted by Gasteiger charge is -2.37. The molecule has 1 unspecified atom stereocenters. The Balaban J connectivity index is 1.89. The number of alkyl halides is 3. The van der Waals surface area contributed by atoms with E-state index in [-0.39, 0.29) is 42.3 Å². The van der Waals surface area contributed by atoms with Crippen molar-refractivity contribution in [2.75, 3.05) is 44.7 Å². The Hall–Kier alpha value is -3.31. The molecule has 2 aromatic rings. The second kappa shape index (κ2) is 11.8. The minimum atomic E-state index is -4.52. The molecule has 1 saturated heterocycles. The van der Waals surface area contributed by atoms with Gasteiger partial charge in [0, 0.05) is 51.2 Å². The normalized spacial score (nSPS) is 16.1. The van der Waals surface area contributed by atoms with Crippen LogP contribution in [0.4, 0.5) is 23.4 Å². The van der Waals surface area contributed by atoms with E-state index in [1.54, 1.807) is 29.8 Å². The number of amidine groups is 1. The van der Waals surface area contributed by atoms with E-state index >= 15 is 0 Å². The summed E-state index contributed by atoms with van der Waals surface area (Å²) in [6.45, 7) is 6.83. The van der Waals surface area contributed by atoms with Crippen molar-refractivity contribution in [2.24, 2.45) is 10.7 Å². The van der Waals surface area contributed by atoms with E-state index in [0.717, 1.165) is 6.07 Å². The lowest BCUT2D eigenvalue weighted by atomic mass is 10.1. The number of pyridine rings is 1. The first-order valence-corrected chi connectivity index (χ1v) is 11.9. The van der Waals surface area contributed by atoms with E-state index in [4.69, 9.17) is 17.3 Å². The number of piperazine rings is 1. The summed E-state index contributed by atoms with van der Waals surface area (Å²) in [5.41, 5.74) is 6.24. The summed E-state index contributed by atoms with van der Waals surface area (Å²) in [5.74, 6) is 0.0648. The van der Waals surface area contributed by atoms with Crippen LogP contribution in [0.2, 0.25) is 5.02 Å². The monoisotopic (exact) mass is 540 g/mol. The van der Waals surface area contributed by atoms with Crippen LogP contribution in [0.15, 0.2) is 60.0 Å². The van der Waals surface area contributed by atoms with Gasteiger partial charge in [-0.2, -0.15) is 13.2 Å². The highest BCUT2D eigenvalue weighted by Crippen LogP contribution is 2.35. The van der Waals surface area contributed by atoms with E-state index in [2.05, 4.69) is 16.6 Å². The molecule has 0 aliphatic carbocycles. The van der Waals surface area contributed by atoms with Crippen LogP contribution in [0, 0.1) is 5.82 Å². The molecule has 0 amide bonds. The Morgan fingerprint density at radius 2 is 1.97 bits per heavy atom. The Morgan fingerprint density at radius 1 is 1.30 bits per heavy atom. The Kier molecular flexibility index (Phi) is 9.03. The van der Waals surface area contributed by atoms with Gasteiger partial charge in [-0.25, -0.2) is 14.4 Å². The van der Waals surface area contributed by atoms with Crippen LogP contribution in [0.3, 0.4) is 0 Å². The molecule has 0 bridgehead atoms. The van der Waals surface area contributed by atoms with E-state index < -0.39 is 17.6 Å². The van der Waals surface area contributed by atoms with Crippen molar-refractivity contribution >= 4 is 29.0 Å². The molecule has 2 heterocycles. The first kappa shape index (κ1) is 28.3. The van der Waals surface area contributed by atoms with Crippen molar-refractivity contribution in [1.29, 1.82) is 0 Å². The van der Waals surface area contributed by atoms with Gasteiger partial charge in [0.2, 0.25) is 0 Å². The fourth-order valence-corrected chi connectivity index (χ4v) is 3.88. The first-order chi connectivity index (χ1) is 17.4. The largest absolute Gasteiger partial charge is 0.419 e. The number of aliphatic hydroxyl groups excluding tert-OH is 1. The lowest BCUT2D eigenvalue weighted by molar-refractivity contribution is -0.137. The molecule has 0 saturated carbocycles. The molecule has 37 heavy (non-hydrogen) atoms. The van der Waals surface area contributed by atoms with E-state index in [1.807, 2.05) is 4.90 Å². The van der Waals surface area contributed by atoms with Crippen molar-refractivity contribution in [1.82, 2.24) is 14.8 Å². The number of hydrogen-bond donors (Lipinski definition) is 2. The van der Waals surface area contributed by atoms with Gasteiger partial charge in [-0.15, -0.1) is 0 Å². The van der Waals surface area contributed by atoms with Gasteiger partial charge in [0.1, 0.15) is 23.3 Å². The number of anilines is 1. The molecule has 1 atom stereocenters. The molecule has 1 aromatic carbocycles. The minimum Gasteiger partial charge on any atom is -0.398 e. The number of aliphatic imine (C=N–C) groups is 1. The zero-order chi connectivity index (χ0) is 27.3. The van der Waals surface area contributed by atoms with Crippen molar-refractivity contribution < 1.29 is 22.7 Å². The van der Waals surface area contributed by atoms with Crippen LogP contribution in [0.25, 0.3) is 5.70 Å². The van der Waals surface area contributed by atoms with Crippen LogP contribution in [-0.2, 0) is 6.18 Å². The average Bonchev–Trinajstić information content (AvgIpc) is 2.88. The summed E-state index contributed by atoms with van der Waals surface area (Å²) in [6.07, 6.45) is -1.60. The third-order valence-electron chi connectivity index (χ3n) is 6.11. The standard InChI is InChI=1S/C25H29ClF4N6O/c1-16(15-37)34(3)17(2)33-23(14-22(31)18-6-7-21(27)20(26)13-18)35-9-11-36(12-10-35)24-19(25(28,29)30)5-4-8-32-24/h4-8,13-14,16,37H,2,9-12,15,31H2,1,3H3/b22-14-,33-23?. The second-order valence-corrected chi connectivity index (χ2v) is 9.01. The molecule has 0 spiro atoms. The van der Waals surface area contributed by atoms with Gasteiger partial charge >= 0.3 is 6.18 Å². The number of benzene rings is 1. The van der Waals surface area contributed by atoms with Crippen molar-refractivity contribution in [2.45, 2.75) is 19.1 Å². The predicted molar refractivity (Wildman–Crippen MR) is 137 cm³/mol. The topological polar surface area (TPSA) is 81.2 Å². The van der Waals surface area contributed by atoms with Gasteiger partial charge < -0.3 is 25.5 Å². The summed E-state index contributed by atoms with van der Waals surface area (Å²) >= 11 is 5.90. The van der Waals surface area contributed by atoms with E-state index in [0.29, 0.717) is 30.3 Å². The molecule has 3 rings (SSSR count). The van der Waals surface area contributed by atoms with Crippen LogP contribution in [0.5, 0.6) is 0 Å².